The highest BCUT2D eigenvalue weighted by Gasteiger charge is 2.09. The summed E-state index contributed by atoms with van der Waals surface area (Å²) in [5.74, 6) is 0. The molecule has 2 amide bonds. The van der Waals surface area contributed by atoms with Crippen LogP contribution in [0.25, 0.3) is 4.96 Å². The molecule has 0 spiro atoms. The fourth-order valence-electron chi connectivity index (χ4n) is 2.03. The Labute approximate surface area is 131 Å². The molecule has 9 heteroatoms. The summed E-state index contributed by atoms with van der Waals surface area (Å²) < 4.78 is 1.94. The Hall–Kier alpha value is -2.42. The summed E-state index contributed by atoms with van der Waals surface area (Å²) >= 11 is 1.56. The first-order valence-electron chi connectivity index (χ1n) is 6.99. The van der Waals surface area contributed by atoms with E-state index in [4.69, 9.17) is 0 Å². The Morgan fingerprint density at radius 2 is 2.14 bits per heavy atom. The molecule has 0 bridgehead atoms. The maximum absolute atomic E-state index is 11.8. The summed E-state index contributed by atoms with van der Waals surface area (Å²) in [5.41, 5.74) is 2.44. The van der Waals surface area contributed by atoms with Gasteiger partial charge in [-0.2, -0.15) is 15.0 Å². The molecule has 116 valence electrons. The largest absolute Gasteiger partial charge is 0.332 e. The van der Waals surface area contributed by atoms with E-state index < -0.39 is 0 Å². The highest BCUT2D eigenvalue weighted by Crippen LogP contribution is 2.10. The minimum Gasteiger partial charge on any atom is -0.332 e. The monoisotopic (exact) mass is 319 g/mol. The van der Waals surface area contributed by atoms with Crippen molar-refractivity contribution < 1.29 is 4.79 Å². The van der Waals surface area contributed by atoms with E-state index >= 15 is 0 Å². The minimum absolute atomic E-state index is 0.248. The summed E-state index contributed by atoms with van der Waals surface area (Å²) in [4.78, 5) is 18.8. The van der Waals surface area contributed by atoms with Crippen molar-refractivity contribution in [1.29, 1.82) is 0 Å². The van der Waals surface area contributed by atoms with Crippen molar-refractivity contribution in [3.05, 3.63) is 34.9 Å². The molecular formula is C13H17N7OS. The van der Waals surface area contributed by atoms with Gasteiger partial charge < -0.3 is 10.6 Å². The van der Waals surface area contributed by atoms with E-state index in [-0.39, 0.29) is 6.03 Å². The van der Waals surface area contributed by atoms with Gasteiger partial charge in [0.15, 0.2) is 4.96 Å². The van der Waals surface area contributed by atoms with Gasteiger partial charge in [0.05, 0.1) is 31.0 Å². The molecule has 0 saturated heterocycles. The normalized spacial score (nSPS) is 11.0. The van der Waals surface area contributed by atoms with Crippen LogP contribution in [0.1, 0.15) is 24.0 Å². The highest BCUT2D eigenvalue weighted by atomic mass is 32.1. The van der Waals surface area contributed by atoms with Crippen LogP contribution >= 0.6 is 11.3 Å². The smallest absolute Gasteiger partial charge is 0.315 e. The number of hydrogen-bond acceptors (Lipinski definition) is 5. The SMILES string of the molecule is CCn1nc(C)c(CNC(=O)NCc2cn3ccsc3n2)n1. The third kappa shape index (κ3) is 3.08. The number of nitrogens with zero attached hydrogens (tertiary/aromatic N) is 5. The van der Waals surface area contributed by atoms with Crippen molar-refractivity contribution in [3.63, 3.8) is 0 Å². The molecule has 0 unspecified atom stereocenters. The first kappa shape index (κ1) is 14.5. The van der Waals surface area contributed by atoms with Crippen molar-refractivity contribution in [1.82, 2.24) is 35.0 Å². The highest BCUT2D eigenvalue weighted by molar-refractivity contribution is 7.15. The fourth-order valence-corrected chi connectivity index (χ4v) is 2.75. The van der Waals surface area contributed by atoms with E-state index in [1.807, 2.05) is 36.0 Å². The molecule has 0 aromatic carbocycles. The van der Waals surface area contributed by atoms with Crippen molar-refractivity contribution in [2.45, 2.75) is 33.5 Å². The Morgan fingerprint density at radius 3 is 2.86 bits per heavy atom. The third-order valence-electron chi connectivity index (χ3n) is 3.19. The second-order valence-corrected chi connectivity index (χ2v) is 5.65. The third-order valence-corrected chi connectivity index (χ3v) is 3.96. The first-order chi connectivity index (χ1) is 10.7. The van der Waals surface area contributed by atoms with Crippen LogP contribution in [0.3, 0.4) is 0 Å². The lowest BCUT2D eigenvalue weighted by molar-refractivity contribution is 0.240. The second-order valence-electron chi connectivity index (χ2n) is 4.78. The molecule has 0 aliphatic carbocycles. The molecule has 3 aromatic heterocycles. The summed E-state index contributed by atoms with van der Waals surface area (Å²) in [7, 11) is 0. The van der Waals surface area contributed by atoms with Crippen LogP contribution in [0.5, 0.6) is 0 Å². The number of amides is 2. The molecule has 8 nitrogen and oxygen atoms in total. The Bertz CT molecular complexity index is 759. The van der Waals surface area contributed by atoms with Crippen molar-refractivity contribution >= 4 is 22.3 Å². The van der Waals surface area contributed by atoms with E-state index in [0.29, 0.717) is 19.6 Å². The number of carbonyl (C=O) groups excluding carboxylic acids is 1. The number of aromatic nitrogens is 5. The van der Waals surface area contributed by atoms with E-state index in [1.165, 1.54) is 0 Å². The molecule has 0 radical (unpaired) electrons. The number of fused-ring (bicyclic) bond motifs is 1. The van der Waals surface area contributed by atoms with Gasteiger partial charge in [-0.25, -0.2) is 9.78 Å². The van der Waals surface area contributed by atoms with E-state index in [9.17, 15) is 4.79 Å². The number of urea groups is 1. The zero-order valence-corrected chi connectivity index (χ0v) is 13.2. The van der Waals surface area contributed by atoms with Gasteiger partial charge >= 0.3 is 6.03 Å². The maximum atomic E-state index is 11.8. The Balaban J connectivity index is 1.49. The standard InChI is InChI=1S/C13H17N7OS/c1-3-20-17-9(2)11(18-20)7-15-12(21)14-6-10-8-19-4-5-22-13(19)16-10/h4-5,8H,3,6-7H2,1-2H3,(H2,14,15,21). The molecular weight excluding hydrogens is 302 g/mol. The Morgan fingerprint density at radius 1 is 1.32 bits per heavy atom. The number of thiazole rings is 1. The van der Waals surface area contributed by atoms with Crippen LogP contribution in [0.2, 0.25) is 0 Å². The number of carbonyl (C=O) groups is 1. The summed E-state index contributed by atoms with van der Waals surface area (Å²) in [6, 6.07) is -0.248. The van der Waals surface area contributed by atoms with Crippen molar-refractivity contribution in [2.75, 3.05) is 0 Å². The Kier molecular flexibility index (Phi) is 4.05. The van der Waals surface area contributed by atoms with Crippen molar-refractivity contribution in [3.8, 4) is 0 Å². The number of rotatable bonds is 5. The van der Waals surface area contributed by atoms with Crippen LogP contribution in [0, 0.1) is 6.92 Å². The molecule has 0 aliphatic rings. The molecule has 0 fully saturated rings. The molecule has 22 heavy (non-hydrogen) atoms. The lowest BCUT2D eigenvalue weighted by Crippen LogP contribution is -2.34. The molecule has 0 saturated carbocycles. The lowest BCUT2D eigenvalue weighted by atomic mass is 10.3. The first-order valence-corrected chi connectivity index (χ1v) is 7.87. The van der Waals surface area contributed by atoms with Gasteiger partial charge in [0, 0.05) is 17.8 Å². The quantitative estimate of drug-likeness (QED) is 0.742. The van der Waals surface area contributed by atoms with Crippen LogP contribution in [0.4, 0.5) is 4.79 Å². The fraction of sp³-hybridized carbons (Fsp3) is 0.385. The molecule has 0 aliphatic heterocycles. The van der Waals surface area contributed by atoms with Gasteiger partial charge in [-0.05, 0) is 13.8 Å². The lowest BCUT2D eigenvalue weighted by Gasteiger charge is -2.04. The zero-order chi connectivity index (χ0) is 15.5. The van der Waals surface area contributed by atoms with Gasteiger partial charge in [0.2, 0.25) is 0 Å². The molecule has 3 aromatic rings. The van der Waals surface area contributed by atoms with Gasteiger partial charge in [-0.1, -0.05) is 0 Å². The van der Waals surface area contributed by atoms with Crippen LogP contribution in [0.15, 0.2) is 17.8 Å². The van der Waals surface area contributed by atoms with Gasteiger partial charge in [-0.15, -0.1) is 11.3 Å². The van der Waals surface area contributed by atoms with Crippen LogP contribution in [-0.4, -0.2) is 30.4 Å². The van der Waals surface area contributed by atoms with Crippen LogP contribution < -0.4 is 10.6 Å². The molecule has 0 atom stereocenters. The van der Waals surface area contributed by atoms with Crippen LogP contribution in [-0.2, 0) is 19.6 Å². The molecule has 3 heterocycles. The average Bonchev–Trinajstić information content (AvgIpc) is 3.17. The number of aryl methyl sites for hydroxylation is 2. The minimum atomic E-state index is -0.248. The van der Waals surface area contributed by atoms with Gasteiger partial charge in [0.1, 0.15) is 5.69 Å². The average molecular weight is 319 g/mol. The number of imidazole rings is 1. The summed E-state index contributed by atoms with van der Waals surface area (Å²) in [6.45, 7) is 5.31. The van der Waals surface area contributed by atoms with E-state index in [1.54, 1.807) is 16.1 Å². The molecule has 3 rings (SSSR count). The van der Waals surface area contributed by atoms with Crippen molar-refractivity contribution in [2.24, 2.45) is 0 Å². The van der Waals surface area contributed by atoms with E-state index in [2.05, 4.69) is 25.8 Å². The number of hydrogen-bond donors (Lipinski definition) is 2. The topological polar surface area (TPSA) is 89.1 Å². The predicted molar refractivity (Wildman–Crippen MR) is 82.6 cm³/mol. The molecule has 2 N–H and O–H groups in total. The van der Waals surface area contributed by atoms with E-state index in [0.717, 1.165) is 22.0 Å². The summed E-state index contributed by atoms with van der Waals surface area (Å²) in [6.07, 6.45) is 3.85. The predicted octanol–water partition coefficient (Wildman–Crippen LogP) is 1.32. The zero-order valence-electron chi connectivity index (χ0n) is 12.4. The second kappa shape index (κ2) is 6.14. The maximum Gasteiger partial charge on any atom is 0.315 e. The summed E-state index contributed by atoms with van der Waals surface area (Å²) in [5, 5.41) is 16.1. The number of nitrogens with one attached hydrogen (secondary N) is 2. The van der Waals surface area contributed by atoms with Gasteiger partial charge in [0.25, 0.3) is 0 Å². The van der Waals surface area contributed by atoms with Gasteiger partial charge in [-0.3, -0.25) is 4.40 Å².